The molecule has 0 saturated heterocycles. The summed E-state index contributed by atoms with van der Waals surface area (Å²) in [5.74, 6) is -0.821. The van der Waals surface area contributed by atoms with Crippen molar-refractivity contribution < 1.29 is 8.78 Å². The van der Waals surface area contributed by atoms with Crippen LogP contribution in [-0.4, -0.2) is 6.04 Å². The van der Waals surface area contributed by atoms with E-state index in [9.17, 15) is 8.78 Å². The number of hydrogen-bond acceptors (Lipinski definition) is 1. The van der Waals surface area contributed by atoms with Gasteiger partial charge in [-0.15, -0.1) is 0 Å². The van der Waals surface area contributed by atoms with E-state index >= 15 is 0 Å². The normalized spacial score (nSPS) is 17.5. The van der Waals surface area contributed by atoms with Gasteiger partial charge in [0.05, 0.1) is 0 Å². The van der Waals surface area contributed by atoms with Crippen molar-refractivity contribution in [2.45, 2.75) is 38.6 Å². The van der Waals surface area contributed by atoms with Crippen molar-refractivity contribution >= 4 is 0 Å². The minimum absolute atomic E-state index is 0.142. The van der Waals surface area contributed by atoms with Gasteiger partial charge in [-0.05, 0) is 49.7 Å². The Labute approximate surface area is 94.7 Å². The predicted octanol–water partition coefficient (Wildman–Crippen LogP) is 2.94. The molecular weight excluding hydrogens is 208 g/mol. The summed E-state index contributed by atoms with van der Waals surface area (Å²) < 4.78 is 26.8. The fourth-order valence-electron chi connectivity index (χ4n) is 1.96. The lowest BCUT2D eigenvalue weighted by Crippen LogP contribution is -2.23. The van der Waals surface area contributed by atoms with Crippen LogP contribution in [0.1, 0.15) is 30.4 Å². The Morgan fingerprint density at radius 1 is 1.31 bits per heavy atom. The summed E-state index contributed by atoms with van der Waals surface area (Å²) in [7, 11) is 0. The van der Waals surface area contributed by atoms with Gasteiger partial charge in [-0.25, -0.2) is 8.78 Å². The lowest BCUT2D eigenvalue weighted by molar-refractivity contribution is 0.483. The molecule has 1 saturated carbocycles. The summed E-state index contributed by atoms with van der Waals surface area (Å²) in [6.07, 6.45) is 3.64. The third-order valence-corrected chi connectivity index (χ3v) is 3.33. The molecule has 16 heavy (non-hydrogen) atoms. The summed E-state index contributed by atoms with van der Waals surface area (Å²) in [4.78, 5) is 0. The van der Waals surface area contributed by atoms with E-state index in [2.05, 4.69) is 0 Å². The van der Waals surface area contributed by atoms with Crippen LogP contribution in [0.15, 0.2) is 12.1 Å². The zero-order chi connectivity index (χ0) is 11.7. The Morgan fingerprint density at radius 3 is 2.62 bits per heavy atom. The van der Waals surface area contributed by atoms with E-state index in [1.165, 1.54) is 12.8 Å². The van der Waals surface area contributed by atoms with Crippen molar-refractivity contribution in [2.75, 3.05) is 0 Å². The van der Waals surface area contributed by atoms with Gasteiger partial charge in [0, 0.05) is 6.04 Å². The van der Waals surface area contributed by atoms with Gasteiger partial charge < -0.3 is 5.73 Å². The maximum atomic E-state index is 13.5. The van der Waals surface area contributed by atoms with Crippen LogP contribution in [-0.2, 0) is 6.42 Å². The standard InChI is InChI=1S/C13H17F2N/c1-8-2-3-10(13(15)12(8)14)6-7-11(16)9-4-5-9/h2-3,9,11H,4-7,16H2,1H3. The second-order valence-corrected chi connectivity index (χ2v) is 4.71. The molecule has 1 aliphatic rings. The quantitative estimate of drug-likeness (QED) is 0.837. The number of benzene rings is 1. The largest absolute Gasteiger partial charge is 0.327 e. The van der Waals surface area contributed by atoms with Gasteiger partial charge in [-0.3, -0.25) is 0 Å². The van der Waals surface area contributed by atoms with Crippen LogP contribution in [0.3, 0.4) is 0 Å². The molecule has 3 heteroatoms. The predicted molar refractivity (Wildman–Crippen MR) is 60.1 cm³/mol. The van der Waals surface area contributed by atoms with Crippen molar-refractivity contribution in [1.29, 1.82) is 0 Å². The van der Waals surface area contributed by atoms with E-state index in [-0.39, 0.29) is 6.04 Å². The number of aryl methyl sites for hydroxylation is 2. The third kappa shape index (κ3) is 2.40. The van der Waals surface area contributed by atoms with Gasteiger partial charge in [0.15, 0.2) is 11.6 Å². The van der Waals surface area contributed by atoms with Gasteiger partial charge in [-0.2, -0.15) is 0 Å². The number of nitrogens with two attached hydrogens (primary N) is 1. The van der Waals surface area contributed by atoms with Gasteiger partial charge >= 0.3 is 0 Å². The highest BCUT2D eigenvalue weighted by Gasteiger charge is 2.28. The maximum Gasteiger partial charge on any atom is 0.162 e. The molecule has 1 aliphatic carbocycles. The molecule has 0 bridgehead atoms. The lowest BCUT2D eigenvalue weighted by Gasteiger charge is -2.11. The van der Waals surface area contributed by atoms with E-state index < -0.39 is 11.6 Å². The summed E-state index contributed by atoms with van der Waals surface area (Å²) in [5, 5.41) is 0. The maximum absolute atomic E-state index is 13.5. The van der Waals surface area contributed by atoms with Crippen LogP contribution < -0.4 is 5.73 Å². The molecule has 0 radical (unpaired) electrons. The fourth-order valence-corrected chi connectivity index (χ4v) is 1.96. The molecule has 88 valence electrons. The molecule has 0 amide bonds. The highest BCUT2D eigenvalue weighted by atomic mass is 19.2. The molecule has 1 unspecified atom stereocenters. The Bertz CT molecular complexity index is 386. The first kappa shape index (κ1) is 11.5. The highest BCUT2D eigenvalue weighted by molar-refractivity contribution is 5.25. The molecule has 1 aromatic rings. The summed E-state index contributed by atoms with van der Waals surface area (Å²) >= 11 is 0. The first-order chi connectivity index (χ1) is 7.59. The highest BCUT2D eigenvalue weighted by Crippen LogP contribution is 2.33. The van der Waals surface area contributed by atoms with Crippen LogP contribution in [0.2, 0.25) is 0 Å². The second-order valence-electron chi connectivity index (χ2n) is 4.71. The molecule has 1 atom stereocenters. The molecule has 1 aromatic carbocycles. The van der Waals surface area contributed by atoms with Crippen molar-refractivity contribution in [2.24, 2.45) is 11.7 Å². The molecule has 2 N–H and O–H groups in total. The Kier molecular flexibility index (Phi) is 3.24. The van der Waals surface area contributed by atoms with E-state index in [1.807, 2.05) is 0 Å². The summed E-state index contributed by atoms with van der Waals surface area (Å²) in [6, 6.07) is 3.42. The minimum Gasteiger partial charge on any atom is -0.327 e. The van der Waals surface area contributed by atoms with Gasteiger partial charge in [0.25, 0.3) is 0 Å². The van der Waals surface area contributed by atoms with Crippen molar-refractivity contribution in [3.63, 3.8) is 0 Å². The smallest absolute Gasteiger partial charge is 0.162 e. The number of rotatable bonds is 4. The zero-order valence-electron chi connectivity index (χ0n) is 9.47. The van der Waals surface area contributed by atoms with Gasteiger partial charge in [0.2, 0.25) is 0 Å². The average molecular weight is 225 g/mol. The van der Waals surface area contributed by atoms with Crippen molar-refractivity contribution in [1.82, 2.24) is 0 Å². The average Bonchev–Trinajstić information content (AvgIpc) is 3.08. The first-order valence-corrected chi connectivity index (χ1v) is 5.78. The molecule has 0 heterocycles. The third-order valence-electron chi connectivity index (χ3n) is 3.33. The van der Waals surface area contributed by atoms with Gasteiger partial charge in [0.1, 0.15) is 0 Å². The van der Waals surface area contributed by atoms with Gasteiger partial charge in [-0.1, -0.05) is 12.1 Å². The summed E-state index contributed by atoms with van der Waals surface area (Å²) in [5.41, 5.74) is 6.73. The fraction of sp³-hybridized carbons (Fsp3) is 0.538. The molecular formula is C13H17F2N. The van der Waals surface area contributed by atoms with Crippen LogP contribution in [0.4, 0.5) is 8.78 Å². The Balaban J connectivity index is 2.01. The monoisotopic (exact) mass is 225 g/mol. The number of halogens is 2. The SMILES string of the molecule is Cc1ccc(CCC(N)C2CC2)c(F)c1F. The van der Waals surface area contributed by atoms with E-state index in [4.69, 9.17) is 5.73 Å². The van der Waals surface area contributed by atoms with Crippen molar-refractivity contribution in [3.05, 3.63) is 34.9 Å². The Morgan fingerprint density at radius 2 is 2.00 bits per heavy atom. The molecule has 0 aromatic heterocycles. The molecule has 0 aliphatic heterocycles. The van der Waals surface area contributed by atoms with Crippen LogP contribution in [0, 0.1) is 24.5 Å². The van der Waals surface area contributed by atoms with Crippen LogP contribution in [0.5, 0.6) is 0 Å². The molecule has 2 rings (SSSR count). The Hall–Kier alpha value is -0.960. The van der Waals surface area contributed by atoms with E-state index in [0.29, 0.717) is 23.5 Å². The lowest BCUT2D eigenvalue weighted by atomic mass is 10.0. The number of hydrogen-bond donors (Lipinski definition) is 1. The van der Waals surface area contributed by atoms with Crippen LogP contribution in [0.25, 0.3) is 0 Å². The minimum atomic E-state index is -0.725. The first-order valence-electron chi connectivity index (χ1n) is 5.78. The van der Waals surface area contributed by atoms with E-state index in [0.717, 1.165) is 6.42 Å². The second kappa shape index (κ2) is 4.50. The molecule has 0 spiro atoms. The zero-order valence-corrected chi connectivity index (χ0v) is 9.47. The van der Waals surface area contributed by atoms with Crippen molar-refractivity contribution in [3.8, 4) is 0 Å². The van der Waals surface area contributed by atoms with Crippen LogP contribution >= 0.6 is 0 Å². The van der Waals surface area contributed by atoms with E-state index in [1.54, 1.807) is 19.1 Å². The molecule has 1 fully saturated rings. The molecule has 1 nitrogen and oxygen atoms in total. The summed E-state index contributed by atoms with van der Waals surface area (Å²) in [6.45, 7) is 1.57. The topological polar surface area (TPSA) is 26.0 Å².